The average molecular weight is 369 g/mol. The van der Waals surface area contributed by atoms with Crippen molar-refractivity contribution in [3.63, 3.8) is 0 Å². The van der Waals surface area contributed by atoms with Crippen LogP contribution in [0.15, 0.2) is 48.5 Å². The molecule has 0 fully saturated rings. The fraction of sp³-hybridized carbons (Fsp3) is 0.333. The van der Waals surface area contributed by atoms with Crippen LogP contribution in [0, 0.1) is 5.82 Å². The Bertz CT molecular complexity index is 907. The minimum atomic E-state index is -0.284. The van der Waals surface area contributed by atoms with E-state index in [1.54, 1.807) is 18.2 Å². The van der Waals surface area contributed by atoms with E-state index in [9.17, 15) is 9.18 Å². The molecule has 1 heterocycles. The molecule has 0 atom stereocenters. The maximum Gasteiger partial charge on any atom is 0.227 e. The maximum absolute atomic E-state index is 13.7. The molecular formula is C21H24FN3O2. The Kier molecular flexibility index (Phi) is 6.54. The number of carbonyl (C=O) groups is 1. The molecule has 0 unspecified atom stereocenters. The summed E-state index contributed by atoms with van der Waals surface area (Å²) in [5.41, 5.74) is 2.34. The molecule has 5 nitrogen and oxygen atoms in total. The highest BCUT2D eigenvalue weighted by atomic mass is 19.1. The first-order chi connectivity index (χ1) is 13.2. The van der Waals surface area contributed by atoms with E-state index in [2.05, 4.69) is 10.3 Å². The molecule has 142 valence electrons. The lowest BCUT2D eigenvalue weighted by Gasteiger charge is -2.10. The molecule has 27 heavy (non-hydrogen) atoms. The summed E-state index contributed by atoms with van der Waals surface area (Å²) in [6.07, 6.45) is 1.37. The molecular weight excluding hydrogens is 345 g/mol. The first-order valence-electron chi connectivity index (χ1n) is 9.25. The predicted octanol–water partition coefficient (Wildman–Crippen LogP) is 4.17. The van der Waals surface area contributed by atoms with E-state index in [1.807, 2.05) is 35.8 Å². The van der Waals surface area contributed by atoms with Gasteiger partial charge in [-0.1, -0.05) is 30.3 Å². The summed E-state index contributed by atoms with van der Waals surface area (Å²) in [5, 5.41) is 2.88. The minimum Gasteiger partial charge on any atom is -0.382 e. The number of hydrogen-bond donors (Lipinski definition) is 1. The van der Waals surface area contributed by atoms with Gasteiger partial charge in [0.05, 0.1) is 11.0 Å². The standard InChI is InChI=1S/C21H24FN3O2/c1-2-27-15-7-14-25-19-11-6-5-10-18(19)23-21(25)24-20(26)13-12-16-8-3-4-9-17(16)22/h3-6,8-11H,2,7,12-15H2,1H3,(H,23,24,26). The Balaban J connectivity index is 1.69. The van der Waals surface area contributed by atoms with Gasteiger partial charge in [-0.05, 0) is 43.5 Å². The number of aryl methyl sites for hydroxylation is 2. The van der Waals surface area contributed by atoms with Crippen LogP contribution in [0.2, 0.25) is 0 Å². The summed E-state index contributed by atoms with van der Waals surface area (Å²) < 4.78 is 21.1. The summed E-state index contributed by atoms with van der Waals surface area (Å²) in [6, 6.07) is 14.3. The number of nitrogens with one attached hydrogen (secondary N) is 1. The van der Waals surface area contributed by atoms with Gasteiger partial charge in [-0.3, -0.25) is 10.1 Å². The van der Waals surface area contributed by atoms with Crippen LogP contribution in [0.1, 0.15) is 25.3 Å². The van der Waals surface area contributed by atoms with Crippen molar-refractivity contribution in [1.82, 2.24) is 9.55 Å². The van der Waals surface area contributed by atoms with Crippen LogP contribution in [0.4, 0.5) is 10.3 Å². The topological polar surface area (TPSA) is 56.1 Å². The molecule has 2 aromatic carbocycles. The molecule has 1 N–H and O–H groups in total. The van der Waals surface area contributed by atoms with E-state index in [4.69, 9.17) is 4.74 Å². The highest BCUT2D eigenvalue weighted by Crippen LogP contribution is 2.20. The maximum atomic E-state index is 13.7. The number of anilines is 1. The van der Waals surface area contributed by atoms with E-state index in [-0.39, 0.29) is 18.1 Å². The zero-order valence-electron chi connectivity index (χ0n) is 15.5. The summed E-state index contributed by atoms with van der Waals surface area (Å²) in [7, 11) is 0. The molecule has 3 aromatic rings. The van der Waals surface area contributed by atoms with Gasteiger partial charge in [-0.15, -0.1) is 0 Å². The van der Waals surface area contributed by atoms with Crippen LogP contribution in [-0.4, -0.2) is 28.7 Å². The van der Waals surface area contributed by atoms with Crippen LogP contribution in [-0.2, 0) is 22.5 Å². The first-order valence-corrected chi connectivity index (χ1v) is 9.25. The molecule has 3 rings (SSSR count). The number of nitrogens with zero attached hydrogens (tertiary/aromatic N) is 2. The van der Waals surface area contributed by atoms with Gasteiger partial charge in [-0.2, -0.15) is 0 Å². The number of imidazole rings is 1. The Labute approximate surface area is 158 Å². The van der Waals surface area contributed by atoms with Crippen LogP contribution in [0.5, 0.6) is 0 Å². The van der Waals surface area contributed by atoms with Gasteiger partial charge in [0.2, 0.25) is 11.9 Å². The molecule has 1 amide bonds. The van der Waals surface area contributed by atoms with E-state index >= 15 is 0 Å². The van der Waals surface area contributed by atoms with Crippen molar-refractivity contribution in [3.8, 4) is 0 Å². The first kappa shape index (κ1) is 19.0. The smallest absolute Gasteiger partial charge is 0.227 e. The highest BCUT2D eigenvalue weighted by molar-refractivity contribution is 5.91. The average Bonchev–Trinajstić information content (AvgIpc) is 3.01. The zero-order valence-corrected chi connectivity index (χ0v) is 15.5. The molecule has 0 saturated carbocycles. The monoisotopic (exact) mass is 369 g/mol. The molecule has 0 aliphatic rings. The number of ether oxygens (including phenoxy) is 1. The lowest BCUT2D eigenvalue weighted by Crippen LogP contribution is -2.17. The van der Waals surface area contributed by atoms with Crippen molar-refractivity contribution in [2.45, 2.75) is 32.7 Å². The number of para-hydroxylation sites is 2. The molecule has 0 aliphatic carbocycles. The normalized spacial score (nSPS) is 11.0. The van der Waals surface area contributed by atoms with Crippen LogP contribution < -0.4 is 5.32 Å². The number of hydrogen-bond acceptors (Lipinski definition) is 3. The Morgan fingerprint density at radius 2 is 1.96 bits per heavy atom. The van der Waals surface area contributed by atoms with Gasteiger partial charge in [-0.25, -0.2) is 9.37 Å². The van der Waals surface area contributed by atoms with Crippen molar-refractivity contribution in [1.29, 1.82) is 0 Å². The summed E-state index contributed by atoms with van der Waals surface area (Å²) in [6.45, 7) is 4.01. The number of aromatic nitrogens is 2. The summed E-state index contributed by atoms with van der Waals surface area (Å²) in [5.74, 6) is 0.0549. The quantitative estimate of drug-likeness (QED) is 0.576. The third-order valence-electron chi connectivity index (χ3n) is 4.36. The van der Waals surface area contributed by atoms with Gasteiger partial charge in [0.1, 0.15) is 5.82 Å². The lowest BCUT2D eigenvalue weighted by molar-refractivity contribution is -0.116. The fourth-order valence-electron chi connectivity index (χ4n) is 3.00. The second-order valence-corrected chi connectivity index (χ2v) is 6.27. The number of carbonyl (C=O) groups excluding carboxylic acids is 1. The third-order valence-corrected chi connectivity index (χ3v) is 4.36. The zero-order chi connectivity index (χ0) is 19.1. The Morgan fingerprint density at radius 3 is 2.78 bits per heavy atom. The van der Waals surface area contributed by atoms with Crippen molar-refractivity contribution >= 4 is 22.9 Å². The van der Waals surface area contributed by atoms with Gasteiger partial charge < -0.3 is 9.30 Å². The number of benzene rings is 2. The van der Waals surface area contributed by atoms with Gasteiger partial charge in [0, 0.05) is 26.2 Å². The van der Waals surface area contributed by atoms with E-state index in [0.717, 1.165) is 17.5 Å². The fourth-order valence-corrected chi connectivity index (χ4v) is 3.00. The second-order valence-electron chi connectivity index (χ2n) is 6.27. The summed E-state index contributed by atoms with van der Waals surface area (Å²) >= 11 is 0. The largest absolute Gasteiger partial charge is 0.382 e. The Hall–Kier alpha value is -2.73. The molecule has 0 bridgehead atoms. The van der Waals surface area contributed by atoms with E-state index < -0.39 is 0 Å². The molecule has 0 saturated heterocycles. The predicted molar refractivity (Wildman–Crippen MR) is 104 cm³/mol. The third kappa shape index (κ3) is 4.92. The SMILES string of the molecule is CCOCCCn1c(NC(=O)CCc2ccccc2F)nc2ccccc21. The Morgan fingerprint density at radius 1 is 1.19 bits per heavy atom. The van der Waals surface area contributed by atoms with Crippen LogP contribution in [0.3, 0.4) is 0 Å². The van der Waals surface area contributed by atoms with Crippen molar-refractivity contribution < 1.29 is 13.9 Å². The number of halogens is 1. The molecule has 0 radical (unpaired) electrons. The molecule has 0 spiro atoms. The summed E-state index contributed by atoms with van der Waals surface area (Å²) in [4.78, 5) is 16.9. The second kappa shape index (κ2) is 9.28. The van der Waals surface area contributed by atoms with Crippen LogP contribution in [0.25, 0.3) is 11.0 Å². The minimum absolute atomic E-state index is 0.181. The highest BCUT2D eigenvalue weighted by Gasteiger charge is 2.13. The molecule has 6 heteroatoms. The van der Waals surface area contributed by atoms with E-state index in [0.29, 0.717) is 37.7 Å². The number of rotatable bonds is 9. The van der Waals surface area contributed by atoms with Gasteiger partial charge in [0.25, 0.3) is 0 Å². The van der Waals surface area contributed by atoms with Crippen molar-refractivity contribution in [2.24, 2.45) is 0 Å². The van der Waals surface area contributed by atoms with Gasteiger partial charge in [0.15, 0.2) is 0 Å². The molecule has 0 aliphatic heterocycles. The van der Waals surface area contributed by atoms with Crippen molar-refractivity contribution in [3.05, 3.63) is 59.9 Å². The number of fused-ring (bicyclic) bond motifs is 1. The van der Waals surface area contributed by atoms with Gasteiger partial charge >= 0.3 is 0 Å². The van der Waals surface area contributed by atoms with E-state index in [1.165, 1.54) is 6.07 Å². The molecule has 1 aromatic heterocycles. The van der Waals surface area contributed by atoms with Crippen molar-refractivity contribution in [2.75, 3.05) is 18.5 Å². The van der Waals surface area contributed by atoms with Crippen LogP contribution >= 0.6 is 0 Å². The number of amides is 1. The lowest BCUT2D eigenvalue weighted by atomic mass is 10.1.